The van der Waals surface area contributed by atoms with Gasteiger partial charge in [0, 0.05) is 0 Å². The SMILES string of the molecule is Cc1nc(N/N=C/c2ccccc2)c2oc3ccc4ccccc4c3c2n1. The Kier molecular flexibility index (Phi) is 3.57. The van der Waals surface area contributed by atoms with Crippen LogP contribution in [-0.2, 0) is 0 Å². The highest BCUT2D eigenvalue weighted by Crippen LogP contribution is 2.35. The van der Waals surface area contributed by atoms with Crippen LogP contribution in [0.25, 0.3) is 32.8 Å². The molecule has 0 amide bonds. The highest BCUT2D eigenvalue weighted by Gasteiger charge is 2.16. The molecular weight excluding hydrogens is 336 g/mol. The van der Waals surface area contributed by atoms with Gasteiger partial charge in [0.05, 0.1) is 11.6 Å². The molecule has 0 atom stereocenters. The van der Waals surface area contributed by atoms with Crippen molar-refractivity contribution in [3.8, 4) is 0 Å². The van der Waals surface area contributed by atoms with E-state index in [0.717, 1.165) is 32.8 Å². The topological polar surface area (TPSA) is 63.3 Å². The van der Waals surface area contributed by atoms with E-state index in [1.54, 1.807) is 6.21 Å². The van der Waals surface area contributed by atoms with E-state index in [9.17, 15) is 0 Å². The molecule has 2 heterocycles. The summed E-state index contributed by atoms with van der Waals surface area (Å²) in [5.41, 5.74) is 6.21. The molecule has 0 fully saturated rings. The second kappa shape index (κ2) is 6.21. The predicted molar refractivity (Wildman–Crippen MR) is 109 cm³/mol. The summed E-state index contributed by atoms with van der Waals surface area (Å²) in [6.07, 6.45) is 1.75. The maximum atomic E-state index is 6.09. The number of benzene rings is 3. The Hall–Kier alpha value is -3.73. The molecule has 0 aliphatic heterocycles. The molecule has 0 bridgehead atoms. The van der Waals surface area contributed by atoms with Crippen LogP contribution in [0.15, 0.2) is 76.2 Å². The van der Waals surface area contributed by atoms with Crippen LogP contribution in [0.5, 0.6) is 0 Å². The molecule has 0 aliphatic rings. The summed E-state index contributed by atoms with van der Waals surface area (Å²) in [4.78, 5) is 9.12. The quantitative estimate of drug-likeness (QED) is 0.354. The van der Waals surface area contributed by atoms with Gasteiger partial charge in [-0.05, 0) is 29.3 Å². The van der Waals surface area contributed by atoms with Crippen molar-refractivity contribution < 1.29 is 4.42 Å². The lowest BCUT2D eigenvalue weighted by Gasteiger charge is -2.02. The van der Waals surface area contributed by atoms with Gasteiger partial charge in [-0.2, -0.15) is 5.10 Å². The van der Waals surface area contributed by atoms with Gasteiger partial charge >= 0.3 is 0 Å². The van der Waals surface area contributed by atoms with Crippen molar-refractivity contribution in [1.82, 2.24) is 9.97 Å². The van der Waals surface area contributed by atoms with Crippen molar-refractivity contribution in [2.45, 2.75) is 6.92 Å². The second-order valence-corrected chi connectivity index (χ2v) is 6.34. The molecule has 0 unspecified atom stereocenters. The summed E-state index contributed by atoms with van der Waals surface area (Å²) < 4.78 is 6.09. The van der Waals surface area contributed by atoms with Crippen LogP contribution in [0.4, 0.5) is 5.82 Å². The minimum Gasteiger partial charge on any atom is -0.450 e. The smallest absolute Gasteiger partial charge is 0.197 e. The first-order valence-corrected chi connectivity index (χ1v) is 8.72. The first-order chi connectivity index (χ1) is 13.3. The van der Waals surface area contributed by atoms with E-state index in [1.165, 1.54) is 0 Å². The normalized spacial score (nSPS) is 11.7. The second-order valence-electron chi connectivity index (χ2n) is 6.34. The predicted octanol–water partition coefficient (Wildman–Crippen LogP) is 5.28. The fourth-order valence-corrected chi connectivity index (χ4v) is 3.30. The van der Waals surface area contributed by atoms with Gasteiger partial charge in [0.2, 0.25) is 0 Å². The van der Waals surface area contributed by atoms with E-state index < -0.39 is 0 Å². The van der Waals surface area contributed by atoms with Crippen LogP contribution < -0.4 is 5.43 Å². The monoisotopic (exact) mass is 352 g/mol. The number of hydrogen-bond donors (Lipinski definition) is 1. The molecule has 27 heavy (non-hydrogen) atoms. The minimum atomic E-state index is 0.560. The van der Waals surface area contributed by atoms with Crippen LogP contribution in [0, 0.1) is 6.92 Å². The van der Waals surface area contributed by atoms with Gasteiger partial charge in [-0.25, -0.2) is 9.97 Å². The number of aromatic nitrogens is 2. The fourth-order valence-electron chi connectivity index (χ4n) is 3.30. The number of furan rings is 1. The first kappa shape index (κ1) is 15.5. The van der Waals surface area contributed by atoms with E-state index in [1.807, 2.05) is 55.5 Å². The Labute approximate surface area is 155 Å². The van der Waals surface area contributed by atoms with Crippen molar-refractivity contribution in [2.24, 2.45) is 5.10 Å². The van der Waals surface area contributed by atoms with Gasteiger partial charge in [-0.1, -0.05) is 60.7 Å². The third kappa shape index (κ3) is 2.69. The van der Waals surface area contributed by atoms with Crippen LogP contribution in [0.3, 0.4) is 0 Å². The summed E-state index contributed by atoms with van der Waals surface area (Å²) in [6, 6.07) is 22.2. The number of anilines is 1. The minimum absolute atomic E-state index is 0.560. The summed E-state index contributed by atoms with van der Waals surface area (Å²) in [6.45, 7) is 1.87. The lowest BCUT2D eigenvalue weighted by Crippen LogP contribution is -1.97. The number of nitrogens with zero attached hydrogens (tertiary/aromatic N) is 3. The van der Waals surface area contributed by atoms with Gasteiger partial charge in [0.1, 0.15) is 16.9 Å². The summed E-state index contributed by atoms with van der Waals surface area (Å²) >= 11 is 0. The zero-order chi connectivity index (χ0) is 18.2. The molecule has 5 aromatic rings. The van der Waals surface area contributed by atoms with Crippen LogP contribution in [0.1, 0.15) is 11.4 Å². The Balaban J connectivity index is 1.67. The van der Waals surface area contributed by atoms with E-state index in [0.29, 0.717) is 17.2 Å². The van der Waals surface area contributed by atoms with Crippen LogP contribution >= 0.6 is 0 Å². The molecule has 0 saturated heterocycles. The average molecular weight is 352 g/mol. The maximum absolute atomic E-state index is 6.09. The first-order valence-electron chi connectivity index (χ1n) is 8.72. The average Bonchev–Trinajstić information content (AvgIpc) is 3.08. The van der Waals surface area contributed by atoms with Crippen molar-refractivity contribution in [3.05, 3.63) is 78.1 Å². The van der Waals surface area contributed by atoms with Gasteiger partial charge in [-0.15, -0.1) is 0 Å². The lowest BCUT2D eigenvalue weighted by molar-refractivity contribution is 0.666. The lowest BCUT2D eigenvalue weighted by atomic mass is 10.1. The third-order valence-corrected chi connectivity index (χ3v) is 4.50. The number of aryl methyl sites for hydroxylation is 1. The highest BCUT2D eigenvalue weighted by molar-refractivity contribution is 6.18. The van der Waals surface area contributed by atoms with Crippen molar-refractivity contribution >= 4 is 44.9 Å². The Morgan fingerprint density at radius 2 is 1.74 bits per heavy atom. The molecule has 5 rings (SSSR count). The summed E-state index contributed by atoms with van der Waals surface area (Å²) in [5, 5.41) is 7.58. The largest absolute Gasteiger partial charge is 0.450 e. The molecule has 5 nitrogen and oxygen atoms in total. The van der Waals surface area contributed by atoms with E-state index in [4.69, 9.17) is 4.42 Å². The fraction of sp³-hybridized carbons (Fsp3) is 0.0455. The summed E-state index contributed by atoms with van der Waals surface area (Å²) in [5.74, 6) is 1.22. The number of fused-ring (bicyclic) bond motifs is 5. The molecule has 0 spiro atoms. The standard InChI is InChI=1S/C22H16N4O/c1-14-24-20-19-17-10-6-5-9-16(17)11-12-18(19)27-21(20)22(25-14)26-23-13-15-7-3-2-4-8-15/h2-13H,1H3,(H,24,25,26)/b23-13+. The molecule has 130 valence electrons. The van der Waals surface area contributed by atoms with Crippen LogP contribution in [0.2, 0.25) is 0 Å². The van der Waals surface area contributed by atoms with Gasteiger partial charge in [0.25, 0.3) is 0 Å². The highest BCUT2D eigenvalue weighted by atomic mass is 16.3. The van der Waals surface area contributed by atoms with E-state index in [2.05, 4.69) is 38.7 Å². The third-order valence-electron chi connectivity index (χ3n) is 4.50. The van der Waals surface area contributed by atoms with Gasteiger partial charge in [0.15, 0.2) is 11.4 Å². The molecule has 1 N–H and O–H groups in total. The molecule has 0 aliphatic carbocycles. The number of nitrogens with one attached hydrogen (secondary N) is 1. The molecule has 0 radical (unpaired) electrons. The Bertz CT molecular complexity index is 1310. The molecular formula is C22H16N4O. The number of hydrazone groups is 1. The maximum Gasteiger partial charge on any atom is 0.197 e. The van der Waals surface area contributed by atoms with Crippen molar-refractivity contribution in [3.63, 3.8) is 0 Å². The molecule has 2 aromatic heterocycles. The summed E-state index contributed by atoms with van der Waals surface area (Å²) in [7, 11) is 0. The molecule has 5 heteroatoms. The zero-order valence-corrected chi connectivity index (χ0v) is 14.7. The van der Waals surface area contributed by atoms with E-state index >= 15 is 0 Å². The van der Waals surface area contributed by atoms with Crippen LogP contribution in [-0.4, -0.2) is 16.2 Å². The van der Waals surface area contributed by atoms with Crippen molar-refractivity contribution in [2.75, 3.05) is 5.43 Å². The van der Waals surface area contributed by atoms with E-state index in [-0.39, 0.29) is 0 Å². The molecule has 3 aromatic carbocycles. The van der Waals surface area contributed by atoms with Crippen molar-refractivity contribution in [1.29, 1.82) is 0 Å². The Morgan fingerprint density at radius 1 is 0.926 bits per heavy atom. The zero-order valence-electron chi connectivity index (χ0n) is 14.7. The number of rotatable bonds is 3. The Morgan fingerprint density at radius 3 is 2.63 bits per heavy atom. The van der Waals surface area contributed by atoms with Gasteiger partial charge < -0.3 is 4.42 Å². The van der Waals surface area contributed by atoms with Gasteiger partial charge in [-0.3, -0.25) is 5.43 Å². The molecule has 0 saturated carbocycles. The number of hydrogen-bond acceptors (Lipinski definition) is 5.